The van der Waals surface area contributed by atoms with Crippen LogP contribution in [-0.2, 0) is 9.53 Å². The Morgan fingerprint density at radius 3 is 2.36 bits per heavy atom. The SMILES string of the molecule is COC(=O)c1ccc([C@H]2Nc3nonc3NC3=C2C(=O)C[C@H](c2ccc(OC)cc2)C3)cc1. The van der Waals surface area contributed by atoms with Crippen molar-refractivity contribution in [1.82, 2.24) is 10.3 Å². The highest BCUT2D eigenvalue weighted by Gasteiger charge is 2.37. The fraction of sp³-hybridized carbons (Fsp3) is 0.250. The minimum absolute atomic E-state index is 0.0124. The molecule has 33 heavy (non-hydrogen) atoms. The van der Waals surface area contributed by atoms with Gasteiger partial charge in [-0.15, -0.1) is 0 Å². The number of anilines is 2. The van der Waals surface area contributed by atoms with E-state index in [2.05, 4.69) is 20.9 Å². The zero-order chi connectivity index (χ0) is 22.9. The van der Waals surface area contributed by atoms with E-state index in [9.17, 15) is 9.59 Å². The molecule has 3 aromatic rings. The smallest absolute Gasteiger partial charge is 0.337 e. The van der Waals surface area contributed by atoms with Crippen molar-refractivity contribution in [3.8, 4) is 5.75 Å². The lowest BCUT2D eigenvalue weighted by molar-refractivity contribution is -0.116. The van der Waals surface area contributed by atoms with Gasteiger partial charge in [0.15, 0.2) is 5.78 Å². The van der Waals surface area contributed by atoms with Crippen LogP contribution in [0, 0.1) is 0 Å². The quantitative estimate of drug-likeness (QED) is 0.577. The van der Waals surface area contributed by atoms with Gasteiger partial charge in [-0.2, -0.15) is 0 Å². The topological polar surface area (TPSA) is 116 Å². The van der Waals surface area contributed by atoms with Gasteiger partial charge in [-0.1, -0.05) is 24.3 Å². The van der Waals surface area contributed by atoms with Crippen LogP contribution >= 0.6 is 0 Å². The summed E-state index contributed by atoms with van der Waals surface area (Å²) in [5, 5.41) is 14.4. The van der Waals surface area contributed by atoms with Crippen molar-refractivity contribution >= 4 is 23.4 Å². The predicted octanol–water partition coefficient (Wildman–Crippen LogP) is 3.84. The van der Waals surface area contributed by atoms with E-state index in [0.717, 1.165) is 22.6 Å². The number of aromatic nitrogens is 2. The number of methoxy groups -OCH3 is 2. The summed E-state index contributed by atoms with van der Waals surface area (Å²) in [7, 11) is 2.96. The van der Waals surface area contributed by atoms with E-state index in [0.29, 0.717) is 35.6 Å². The Hall–Kier alpha value is -4.14. The number of nitrogens with zero attached hydrogens (tertiary/aromatic N) is 2. The van der Waals surface area contributed by atoms with Crippen molar-refractivity contribution in [2.45, 2.75) is 24.8 Å². The molecule has 0 saturated heterocycles. The molecule has 2 N–H and O–H groups in total. The number of ether oxygens (including phenoxy) is 2. The number of rotatable bonds is 4. The molecule has 2 heterocycles. The normalized spacial score (nSPS) is 19.5. The van der Waals surface area contributed by atoms with Crippen LogP contribution in [0.4, 0.5) is 11.6 Å². The number of fused-ring (bicyclic) bond motifs is 1. The van der Waals surface area contributed by atoms with Crippen molar-refractivity contribution in [3.05, 3.63) is 76.5 Å². The number of carbonyl (C=O) groups excluding carboxylic acids is 2. The van der Waals surface area contributed by atoms with Gasteiger partial charge < -0.3 is 20.1 Å². The van der Waals surface area contributed by atoms with Crippen LogP contribution in [-0.4, -0.2) is 36.3 Å². The Labute approximate surface area is 189 Å². The lowest BCUT2D eigenvalue weighted by Gasteiger charge is -2.29. The van der Waals surface area contributed by atoms with E-state index in [-0.39, 0.29) is 11.7 Å². The Morgan fingerprint density at radius 2 is 1.67 bits per heavy atom. The summed E-state index contributed by atoms with van der Waals surface area (Å²) in [4.78, 5) is 25.3. The Kier molecular flexibility index (Phi) is 5.29. The number of hydrogen-bond acceptors (Lipinski definition) is 9. The largest absolute Gasteiger partial charge is 0.497 e. The molecule has 2 aromatic carbocycles. The van der Waals surface area contributed by atoms with Crippen LogP contribution in [0.15, 0.2) is 64.4 Å². The summed E-state index contributed by atoms with van der Waals surface area (Å²) < 4.78 is 14.9. The first kappa shape index (κ1) is 20.7. The van der Waals surface area contributed by atoms with Gasteiger partial charge in [0.05, 0.1) is 25.8 Å². The van der Waals surface area contributed by atoms with E-state index in [4.69, 9.17) is 14.1 Å². The summed E-state index contributed by atoms with van der Waals surface area (Å²) >= 11 is 0. The standard InChI is InChI=1S/C24H22N4O5/c1-31-17-9-7-13(8-10-17)16-11-18-20(19(29)12-16)21(26-23-22(25-18)27-33-28-23)14-3-5-15(6-4-14)24(30)32-2/h3-10,16,21H,11-12H2,1-2H3,(H,25,27)(H,26,28)/t16-,21-/m1/s1. The lowest BCUT2D eigenvalue weighted by atomic mass is 9.78. The monoisotopic (exact) mass is 446 g/mol. The fourth-order valence-corrected chi connectivity index (χ4v) is 4.39. The van der Waals surface area contributed by atoms with Crippen molar-refractivity contribution in [2.75, 3.05) is 24.9 Å². The first-order chi connectivity index (χ1) is 16.1. The Bertz CT molecular complexity index is 1230. The van der Waals surface area contributed by atoms with Crippen LogP contribution in [0.1, 0.15) is 46.3 Å². The molecule has 9 nitrogen and oxygen atoms in total. The highest BCUT2D eigenvalue weighted by Crippen LogP contribution is 2.43. The number of allylic oxidation sites excluding steroid dienone is 1. The van der Waals surface area contributed by atoms with Gasteiger partial charge in [0.25, 0.3) is 0 Å². The molecule has 0 unspecified atom stereocenters. The third-order valence-corrected chi connectivity index (χ3v) is 6.09. The molecule has 0 spiro atoms. The van der Waals surface area contributed by atoms with E-state index in [1.165, 1.54) is 7.11 Å². The molecule has 1 aromatic heterocycles. The zero-order valence-corrected chi connectivity index (χ0v) is 18.1. The van der Waals surface area contributed by atoms with E-state index >= 15 is 0 Å². The fourth-order valence-electron chi connectivity index (χ4n) is 4.39. The number of carbonyl (C=O) groups is 2. The number of nitrogens with one attached hydrogen (secondary N) is 2. The van der Waals surface area contributed by atoms with Crippen LogP contribution in [0.3, 0.4) is 0 Å². The second-order valence-corrected chi connectivity index (χ2v) is 7.97. The molecule has 2 aliphatic rings. The molecule has 5 rings (SSSR count). The van der Waals surface area contributed by atoms with Gasteiger partial charge >= 0.3 is 5.97 Å². The molecular formula is C24H22N4O5. The van der Waals surface area contributed by atoms with Gasteiger partial charge in [0.2, 0.25) is 11.6 Å². The summed E-state index contributed by atoms with van der Waals surface area (Å²) in [6, 6.07) is 14.3. The number of ketones is 1. The third-order valence-electron chi connectivity index (χ3n) is 6.09. The summed E-state index contributed by atoms with van der Waals surface area (Å²) in [5.41, 5.74) is 3.71. The number of benzene rings is 2. The molecule has 0 fully saturated rings. The van der Waals surface area contributed by atoms with Crippen molar-refractivity contribution < 1.29 is 23.7 Å². The van der Waals surface area contributed by atoms with Crippen molar-refractivity contribution in [1.29, 1.82) is 0 Å². The molecule has 1 aliphatic carbocycles. The predicted molar refractivity (Wildman–Crippen MR) is 119 cm³/mol. The van der Waals surface area contributed by atoms with Crippen LogP contribution in [0.5, 0.6) is 5.75 Å². The van der Waals surface area contributed by atoms with E-state index in [1.807, 2.05) is 24.3 Å². The summed E-state index contributed by atoms with van der Waals surface area (Å²) in [6.45, 7) is 0. The van der Waals surface area contributed by atoms with Crippen LogP contribution in [0.2, 0.25) is 0 Å². The van der Waals surface area contributed by atoms with Crippen molar-refractivity contribution in [3.63, 3.8) is 0 Å². The maximum atomic E-state index is 13.5. The number of esters is 1. The van der Waals surface area contributed by atoms with E-state index in [1.54, 1.807) is 31.4 Å². The summed E-state index contributed by atoms with van der Waals surface area (Å²) in [6.07, 6.45) is 0.999. The minimum atomic E-state index is -0.475. The van der Waals surface area contributed by atoms with Gasteiger partial charge in [-0.05, 0) is 58.0 Å². The first-order valence-electron chi connectivity index (χ1n) is 10.5. The first-order valence-corrected chi connectivity index (χ1v) is 10.5. The molecule has 168 valence electrons. The second kappa shape index (κ2) is 8.42. The second-order valence-electron chi connectivity index (χ2n) is 7.97. The molecule has 0 saturated carbocycles. The molecule has 9 heteroatoms. The third kappa shape index (κ3) is 3.82. The van der Waals surface area contributed by atoms with Gasteiger partial charge in [-0.25, -0.2) is 9.42 Å². The molecule has 0 radical (unpaired) electrons. The van der Waals surface area contributed by atoms with E-state index < -0.39 is 12.0 Å². The molecule has 2 atom stereocenters. The Morgan fingerprint density at radius 1 is 0.970 bits per heavy atom. The molecular weight excluding hydrogens is 424 g/mol. The average Bonchev–Trinajstić information content (AvgIpc) is 3.22. The maximum Gasteiger partial charge on any atom is 0.337 e. The van der Waals surface area contributed by atoms with Crippen LogP contribution < -0.4 is 15.4 Å². The summed E-state index contributed by atoms with van der Waals surface area (Å²) in [5.74, 6) is 1.24. The lowest BCUT2D eigenvalue weighted by Crippen LogP contribution is -2.27. The van der Waals surface area contributed by atoms with Gasteiger partial charge in [-0.3, -0.25) is 4.79 Å². The van der Waals surface area contributed by atoms with Gasteiger partial charge in [0.1, 0.15) is 5.75 Å². The molecule has 1 aliphatic heterocycles. The maximum absolute atomic E-state index is 13.5. The number of hydrogen-bond donors (Lipinski definition) is 2. The van der Waals surface area contributed by atoms with Crippen LogP contribution in [0.25, 0.3) is 0 Å². The highest BCUT2D eigenvalue weighted by molar-refractivity contribution is 6.01. The molecule has 0 bridgehead atoms. The Balaban J connectivity index is 1.53. The molecule has 0 amide bonds. The van der Waals surface area contributed by atoms with Crippen molar-refractivity contribution in [2.24, 2.45) is 0 Å². The average molecular weight is 446 g/mol. The number of Topliss-reactive ketones (excluding diaryl/α,β-unsaturated/α-hetero) is 1. The van der Waals surface area contributed by atoms with Gasteiger partial charge in [0, 0.05) is 17.7 Å². The zero-order valence-electron chi connectivity index (χ0n) is 18.1. The highest BCUT2D eigenvalue weighted by atomic mass is 16.6. The minimum Gasteiger partial charge on any atom is -0.497 e.